The van der Waals surface area contributed by atoms with Crippen LogP contribution in [-0.4, -0.2) is 11.4 Å². The van der Waals surface area contributed by atoms with E-state index in [1.807, 2.05) is 24.3 Å². The lowest BCUT2D eigenvalue weighted by molar-refractivity contribution is 0.681. The van der Waals surface area contributed by atoms with Crippen LogP contribution in [0.2, 0.25) is 0 Å². The Morgan fingerprint density at radius 3 is 0.867 bits per heavy atom. The van der Waals surface area contributed by atoms with Crippen LogP contribution < -0.4 is 0 Å². The highest BCUT2D eigenvalue weighted by Crippen LogP contribution is 2.51. The minimum absolute atomic E-state index is 0.0990. The van der Waals surface area contributed by atoms with E-state index in [4.69, 9.17) is 10.8 Å². The lowest BCUT2D eigenvalue weighted by Crippen LogP contribution is -2.29. The molecule has 30 heavy (non-hydrogen) atoms. The Kier molecular flexibility index (Phi) is 3.63. The summed E-state index contributed by atoms with van der Waals surface area (Å²) < 4.78 is 0. The van der Waals surface area contributed by atoms with Gasteiger partial charge >= 0.3 is 0 Å². The van der Waals surface area contributed by atoms with E-state index < -0.39 is 0 Å². The van der Waals surface area contributed by atoms with Crippen molar-refractivity contribution in [1.29, 1.82) is 10.8 Å². The second-order valence-corrected chi connectivity index (χ2v) is 8.05. The average Bonchev–Trinajstić information content (AvgIpc) is 2.81. The van der Waals surface area contributed by atoms with Gasteiger partial charge in [0.15, 0.2) is 0 Å². The zero-order valence-corrected chi connectivity index (χ0v) is 16.4. The maximum absolute atomic E-state index is 8.84. The van der Waals surface area contributed by atoms with E-state index in [-0.39, 0.29) is 11.8 Å². The summed E-state index contributed by atoms with van der Waals surface area (Å²) in [6, 6.07) is 33.4. The van der Waals surface area contributed by atoms with Crippen LogP contribution in [0.4, 0.5) is 0 Å². The molecule has 0 bridgehead atoms. The summed E-state index contributed by atoms with van der Waals surface area (Å²) in [6.07, 6.45) is 0. The van der Waals surface area contributed by atoms with Crippen molar-refractivity contribution in [1.82, 2.24) is 0 Å². The maximum atomic E-state index is 8.84. The predicted molar refractivity (Wildman–Crippen MR) is 121 cm³/mol. The number of rotatable bonds is 1. The number of nitrogens with one attached hydrogen (secondary N) is 2. The van der Waals surface area contributed by atoms with Crippen molar-refractivity contribution in [2.75, 3.05) is 0 Å². The lowest BCUT2D eigenvalue weighted by Gasteiger charge is -2.39. The fourth-order valence-corrected chi connectivity index (χ4v) is 5.33. The lowest BCUT2D eigenvalue weighted by atomic mass is 9.64. The van der Waals surface area contributed by atoms with Gasteiger partial charge in [-0.2, -0.15) is 0 Å². The highest BCUT2D eigenvalue weighted by atomic mass is 14.5. The second kappa shape index (κ2) is 6.36. The van der Waals surface area contributed by atoms with Gasteiger partial charge < -0.3 is 0 Å². The molecule has 0 fully saturated rings. The largest absolute Gasteiger partial charge is 0.300 e. The first-order valence-corrected chi connectivity index (χ1v) is 10.3. The first-order valence-electron chi connectivity index (χ1n) is 10.3. The molecule has 0 saturated heterocycles. The molecule has 2 aliphatic rings. The summed E-state index contributed by atoms with van der Waals surface area (Å²) in [6.45, 7) is 0. The molecule has 4 aromatic rings. The van der Waals surface area contributed by atoms with Gasteiger partial charge in [0.05, 0.1) is 11.4 Å². The standard InChI is InChI=1S/C28H20N2/c29-27-21-13-5-1-9-17(21)25(18-10-2-6-14-22(18)27)26-19-11-3-7-15-23(19)28(30)24-16-8-4-12-20(24)26/h1-16,25-26,29-30H. The summed E-state index contributed by atoms with van der Waals surface area (Å²) >= 11 is 0. The summed E-state index contributed by atoms with van der Waals surface area (Å²) in [5.41, 5.74) is 10.0. The van der Waals surface area contributed by atoms with Gasteiger partial charge in [0.25, 0.3) is 0 Å². The Hall–Kier alpha value is -3.78. The van der Waals surface area contributed by atoms with Crippen molar-refractivity contribution in [3.8, 4) is 0 Å². The number of hydrogen-bond donors (Lipinski definition) is 2. The first-order chi connectivity index (χ1) is 14.8. The molecule has 0 spiro atoms. The highest BCUT2D eigenvalue weighted by molar-refractivity contribution is 6.16. The molecular formula is C28H20N2. The fraction of sp³-hybridized carbons (Fsp3) is 0.0714. The van der Waals surface area contributed by atoms with Gasteiger partial charge in [-0.25, -0.2) is 0 Å². The maximum Gasteiger partial charge on any atom is 0.0690 e. The first kappa shape index (κ1) is 17.1. The third-order valence-corrected chi connectivity index (χ3v) is 6.59. The Bertz CT molecular complexity index is 1140. The van der Waals surface area contributed by atoms with Gasteiger partial charge in [0.1, 0.15) is 0 Å². The summed E-state index contributed by atoms with van der Waals surface area (Å²) in [5, 5.41) is 17.7. The van der Waals surface area contributed by atoms with Gasteiger partial charge in [0, 0.05) is 34.1 Å². The highest BCUT2D eigenvalue weighted by Gasteiger charge is 2.39. The van der Waals surface area contributed by atoms with Crippen LogP contribution in [0.3, 0.4) is 0 Å². The van der Waals surface area contributed by atoms with Gasteiger partial charge in [-0.1, -0.05) is 97.1 Å². The third-order valence-electron chi connectivity index (χ3n) is 6.59. The molecule has 0 amide bonds. The zero-order chi connectivity index (χ0) is 20.2. The van der Waals surface area contributed by atoms with Crippen LogP contribution in [0.1, 0.15) is 56.3 Å². The molecule has 0 aromatic heterocycles. The van der Waals surface area contributed by atoms with Crippen LogP contribution in [0.5, 0.6) is 0 Å². The molecule has 0 atom stereocenters. The molecule has 6 rings (SSSR count). The van der Waals surface area contributed by atoms with E-state index in [0.29, 0.717) is 11.4 Å². The monoisotopic (exact) mass is 384 g/mol. The van der Waals surface area contributed by atoms with Crippen LogP contribution in [0.25, 0.3) is 0 Å². The molecule has 142 valence electrons. The van der Waals surface area contributed by atoms with Gasteiger partial charge in [-0.05, 0) is 22.3 Å². The smallest absolute Gasteiger partial charge is 0.0690 e. The van der Waals surface area contributed by atoms with E-state index in [0.717, 1.165) is 22.3 Å². The van der Waals surface area contributed by atoms with Crippen molar-refractivity contribution < 1.29 is 0 Å². The van der Waals surface area contributed by atoms with Gasteiger partial charge in [-0.3, -0.25) is 10.8 Å². The van der Waals surface area contributed by atoms with Crippen molar-refractivity contribution in [3.05, 3.63) is 142 Å². The summed E-state index contributed by atoms with van der Waals surface area (Å²) in [5.74, 6) is 0.198. The van der Waals surface area contributed by atoms with E-state index in [1.54, 1.807) is 0 Å². The van der Waals surface area contributed by atoms with Crippen molar-refractivity contribution in [3.63, 3.8) is 0 Å². The van der Waals surface area contributed by atoms with E-state index in [9.17, 15) is 0 Å². The average molecular weight is 384 g/mol. The van der Waals surface area contributed by atoms with E-state index in [2.05, 4.69) is 72.8 Å². The van der Waals surface area contributed by atoms with E-state index >= 15 is 0 Å². The molecular weight excluding hydrogens is 364 g/mol. The minimum atomic E-state index is 0.0990. The molecule has 2 aliphatic carbocycles. The molecule has 0 unspecified atom stereocenters. The Morgan fingerprint density at radius 2 is 0.600 bits per heavy atom. The molecule has 2 heteroatoms. The number of benzene rings is 4. The molecule has 2 nitrogen and oxygen atoms in total. The Labute approximate surface area is 175 Å². The van der Waals surface area contributed by atoms with Crippen molar-refractivity contribution in [2.45, 2.75) is 11.8 Å². The predicted octanol–water partition coefficient (Wildman–Crippen LogP) is 6.11. The van der Waals surface area contributed by atoms with Crippen LogP contribution >= 0.6 is 0 Å². The second-order valence-electron chi connectivity index (χ2n) is 8.05. The van der Waals surface area contributed by atoms with Crippen molar-refractivity contribution in [2.24, 2.45) is 0 Å². The van der Waals surface area contributed by atoms with Gasteiger partial charge in [0.2, 0.25) is 0 Å². The van der Waals surface area contributed by atoms with Crippen molar-refractivity contribution >= 4 is 11.4 Å². The SMILES string of the molecule is N=C1c2ccccc2C(C2c3ccccc3C(=N)c3ccccc32)c2ccccc21. The fourth-order valence-electron chi connectivity index (χ4n) is 5.33. The molecule has 2 N–H and O–H groups in total. The quantitative estimate of drug-likeness (QED) is 0.398. The molecule has 0 heterocycles. The Morgan fingerprint density at radius 1 is 0.367 bits per heavy atom. The third kappa shape index (κ3) is 2.25. The Balaban J connectivity index is 1.70. The minimum Gasteiger partial charge on any atom is -0.300 e. The van der Waals surface area contributed by atoms with E-state index in [1.165, 1.54) is 22.3 Å². The normalized spacial score (nSPS) is 18.8. The summed E-state index contributed by atoms with van der Waals surface area (Å²) in [7, 11) is 0. The summed E-state index contributed by atoms with van der Waals surface area (Å²) in [4.78, 5) is 0. The number of hydrogen-bond acceptors (Lipinski definition) is 2. The molecule has 4 aromatic carbocycles. The topological polar surface area (TPSA) is 47.7 Å². The van der Waals surface area contributed by atoms with Gasteiger partial charge in [-0.15, -0.1) is 0 Å². The number of fused-ring (bicyclic) bond motifs is 4. The molecule has 0 aliphatic heterocycles. The van der Waals surface area contributed by atoms with Crippen LogP contribution in [-0.2, 0) is 0 Å². The zero-order valence-electron chi connectivity index (χ0n) is 16.4. The van der Waals surface area contributed by atoms with Crippen LogP contribution in [0, 0.1) is 10.8 Å². The van der Waals surface area contributed by atoms with Crippen LogP contribution in [0.15, 0.2) is 97.1 Å². The molecule has 0 radical (unpaired) electrons. The molecule has 0 saturated carbocycles.